The largest absolute Gasteiger partial charge is 0.456 e. The Hall–Kier alpha value is -1.41. The molecular weight excluding hydrogens is 252 g/mol. The minimum atomic E-state index is 0.175. The van der Waals surface area contributed by atoms with E-state index in [1.54, 1.807) is 0 Å². The van der Waals surface area contributed by atoms with Crippen LogP contribution in [0, 0.1) is 0 Å². The van der Waals surface area contributed by atoms with E-state index >= 15 is 0 Å². The molecule has 0 radical (unpaired) electrons. The van der Waals surface area contributed by atoms with Crippen LogP contribution >= 0.6 is 11.8 Å². The molecule has 1 aliphatic heterocycles. The quantitative estimate of drug-likeness (QED) is 0.635. The van der Waals surface area contributed by atoms with E-state index in [4.69, 9.17) is 4.74 Å². The zero-order chi connectivity index (χ0) is 13.5. The summed E-state index contributed by atoms with van der Waals surface area (Å²) in [6.07, 6.45) is 0. The molecule has 19 heavy (non-hydrogen) atoms. The van der Waals surface area contributed by atoms with Gasteiger partial charge in [-0.25, -0.2) is 0 Å². The van der Waals surface area contributed by atoms with Crippen LogP contribution in [0.15, 0.2) is 47.4 Å². The van der Waals surface area contributed by atoms with Gasteiger partial charge in [0.2, 0.25) is 0 Å². The first-order valence-electron chi connectivity index (χ1n) is 6.57. The second-order valence-corrected chi connectivity index (χ2v) is 6.93. The van der Waals surface area contributed by atoms with E-state index in [0.717, 1.165) is 17.3 Å². The van der Waals surface area contributed by atoms with Gasteiger partial charge in [0.25, 0.3) is 0 Å². The maximum absolute atomic E-state index is 6.05. The summed E-state index contributed by atoms with van der Waals surface area (Å²) in [5.74, 6) is 2.93. The van der Waals surface area contributed by atoms with Gasteiger partial charge in [0.05, 0.1) is 4.90 Å². The molecule has 0 N–H and O–H groups in total. The van der Waals surface area contributed by atoms with Crippen LogP contribution in [-0.2, 0) is 11.2 Å². The molecule has 3 rings (SSSR count). The summed E-state index contributed by atoms with van der Waals surface area (Å²) in [6.45, 7) is 6.73. The molecule has 0 atom stereocenters. The van der Waals surface area contributed by atoms with Gasteiger partial charge in [-0.1, -0.05) is 45.0 Å². The smallest absolute Gasteiger partial charge is 0.141 e. The average molecular weight is 270 g/mol. The van der Waals surface area contributed by atoms with E-state index in [2.05, 4.69) is 51.1 Å². The van der Waals surface area contributed by atoms with Crippen LogP contribution in [0.2, 0.25) is 0 Å². The Morgan fingerprint density at radius 1 is 1.00 bits per heavy atom. The zero-order valence-corrected chi connectivity index (χ0v) is 12.4. The molecule has 0 amide bonds. The first-order chi connectivity index (χ1) is 9.04. The minimum Gasteiger partial charge on any atom is -0.456 e. The standard InChI is InChI=1S/C17H18OS/c1-17(2,3)13-8-9-15-16(10-13)19-11-12-6-4-5-7-14(12)18-15/h4-10H,11H2,1-3H3. The summed E-state index contributed by atoms with van der Waals surface area (Å²) < 4.78 is 6.05. The highest BCUT2D eigenvalue weighted by atomic mass is 32.2. The highest BCUT2D eigenvalue weighted by Crippen LogP contribution is 2.42. The van der Waals surface area contributed by atoms with Crippen LogP contribution in [-0.4, -0.2) is 0 Å². The molecule has 0 saturated carbocycles. The van der Waals surface area contributed by atoms with E-state index in [1.807, 2.05) is 23.9 Å². The first-order valence-corrected chi connectivity index (χ1v) is 7.56. The molecule has 98 valence electrons. The predicted octanol–water partition coefficient (Wildman–Crippen LogP) is 5.38. The van der Waals surface area contributed by atoms with Crippen LogP contribution in [0.3, 0.4) is 0 Å². The summed E-state index contributed by atoms with van der Waals surface area (Å²) in [5.41, 5.74) is 2.80. The topological polar surface area (TPSA) is 9.23 Å². The maximum atomic E-state index is 6.05. The van der Waals surface area contributed by atoms with E-state index in [9.17, 15) is 0 Å². The summed E-state index contributed by atoms with van der Waals surface area (Å²) in [5, 5.41) is 0. The molecule has 0 fully saturated rings. The van der Waals surface area contributed by atoms with Crippen molar-refractivity contribution in [2.75, 3.05) is 0 Å². The van der Waals surface area contributed by atoms with E-state index in [-0.39, 0.29) is 5.41 Å². The van der Waals surface area contributed by atoms with Crippen molar-refractivity contribution in [2.45, 2.75) is 36.8 Å². The van der Waals surface area contributed by atoms with Crippen molar-refractivity contribution in [3.63, 3.8) is 0 Å². The second kappa shape index (κ2) is 4.61. The van der Waals surface area contributed by atoms with Crippen LogP contribution in [0.25, 0.3) is 0 Å². The molecule has 1 nitrogen and oxygen atoms in total. The first kappa shape index (κ1) is 12.6. The van der Waals surface area contributed by atoms with Crippen LogP contribution in [0.1, 0.15) is 31.9 Å². The van der Waals surface area contributed by atoms with Crippen LogP contribution in [0.5, 0.6) is 11.5 Å². The molecule has 0 unspecified atom stereocenters. The molecule has 1 heterocycles. The predicted molar refractivity (Wildman–Crippen MR) is 81.2 cm³/mol. The third-order valence-corrected chi connectivity index (χ3v) is 4.47. The van der Waals surface area contributed by atoms with Crippen molar-refractivity contribution >= 4 is 11.8 Å². The molecule has 0 bridgehead atoms. The number of ether oxygens (including phenoxy) is 1. The molecule has 0 saturated heterocycles. The van der Waals surface area contributed by atoms with Crippen molar-refractivity contribution in [1.82, 2.24) is 0 Å². The lowest BCUT2D eigenvalue weighted by molar-refractivity contribution is 0.468. The Bertz CT molecular complexity index is 611. The van der Waals surface area contributed by atoms with Crippen LogP contribution in [0.4, 0.5) is 0 Å². The Balaban J connectivity index is 2.02. The van der Waals surface area contributed by atoms with Gasteiger partial charge < -0.3 is 4.74 Å². The van der Waals surface area contributed by atoms with Crippen molar-refractivity contribution in [3.8, 4) is 11.5 Å². The summed E-state index contributed by atoms with van der Waals surface area (Å²) in [4.78, 5) is 1.24. The highest BCUT2D eigenvalue weighted by Gasteiger charge is 2.19. The number of thioether (sulfide) groups is 1. The molecule has 2 aromatic rings. The lowest BCUT2D eigenvalue weighted by atomic mass is 9.87. The van der Waals surface area contributed by atoms with Gasteiger partial charge in [0.1, 0.15) is 11.5 Å². The van der Waals surface area contributed by atoms with Gasteiger partial charge in [-0.3, -0.25) is 0 Å². The summed E-state index contributed by atoms with van der Waals surface area (Å²) in [7, 11) is 0. The minimum absolute atomic E-state index is 0.175. The number of fused-ring (bicyclic) bond motifs is 2. The fourth-order valence-electron chi connectivity index (χ4n) is 2.17. The van der Waals surface area contributed by atoms with Crippen molar-refractivity contribution in [3.05, 3.63) is 53.6 Å². The van der Waals surface area contributed by atoms with E-state index in [0.29, 0.717) is 0 Å². The average Bonchev–Trinajstić information content (AvgIpc) is 2.55. The van der Waals surface area contributed by atoms with Crippen molar-refractivity contribution < 1.29 is 4.74 Å². The van der Waals surface area contributed by atoms with Gasteiger partial charge in [-0.2, -0.15) is 0 Å². The third kappa shape index (κ3) is 2.50. The number of benzene rings is 2. The van der Waals surface area contributed by atoms with Gasteiger partial charge in [-0.15, -0.1) is 11.8 Å². The molecule has 2 heteroatoms. The Morgan fingerprint density at radius 2 is 1.79 bits per heavy atom. The van der Waals surface area contributed by atoms with Crippen molar-refractivity contribution in [2.24, 2.45) is 0 Å². The second-order valence-electron chi connectivity index (χ2n) is 5.91. The SMILES string of the molecule is CC(C)(C)c1ccc2c(c1)SCc1ccccc1O2. The molecular formula is C17H18OS. The zero-order valence-electron chi connectivity index (χ0n) is 11.6. The molecule has 2 aromatic carbocycles. The van der Waals surface area contributed by atoms with Crippen LogP contribution < -0.4 is 4.74 Å². The Morgan fingerprint density at radius 3 is 2.58 bits per heavy atom. The van der Waals surface area contributed by atoms with Gasteiger partial charge in [0, 0.05) is 11.3 Å². The number of hydrogen-bond donors (Lipinski definition) is 0. The monoisotopic (exact) mass is 270 g/mol. The third-order valence-electron chi connectivity index (χ3n) is 3.39. The summed E-state index contributed by atoms with van der Waals surface area (Å²) in [6, 6.07) is 14.8. The fraction of sp³-hybridized carbons (Fsp3) is 0.294. The molecule has 0 aliphatic carbocycles. The lowest BCUT2D eigenvalue weighted by Gasteiger charge is -2.20. The Labute approximate surface area is 119 Å². The highest BCUT2D eigenvalue weighted by molar-refractivity contribution is 7.98. The van der Waals surface area contributed by atoms with Crippen molar-refractivity contribution in [1.29, 1.82) is 0 Å². The molecule has 1 aliphatic rings. The number of hydrogen-bond acceptors (Lipinski definition) is 2. The number of para-hydroxylation sites is 1. The normalized spacial score (nSPS) is 14.1. The summed E-state index contributed by atoms with van der Waals surface area (Å²) >= 11 is 1.86. The Kier molecular flexibility index (Phi) is 3.06. The maximum Gasteiger partial charge on any atom is 0.141 e. The van der Waals surface area contributed by atoms with Gasteiger partial charge in [-0.05, 0) is 29.2 Å². The van der Waals surface area contributed by atoms with Gasteiger partial charge >= 0.3 is 0 Å². The fourth-order valence-corrected chi connectivity index (χ4v) is 3.18. The molecule has 0 aromatic heterocycles. The van der Waals surface area contributed by atoms with Gasteiger partial charge in [0.15, 0.2) is 0 Å². The lowest BCUT2D eigenvalue weighted by Crippen LogP contribution is -2.10. The van der Waals surface area contributed by atoms with E-state index < -0.39 is 0 Å². The molecule has 0 spiro atoms. The van der Waals surface area contributed by atoms with E-state index in [1.165, 1.54) is 16.0 Å². The number of rotatable bonds is 0.